The molecule has 1 aliphatic rings. The largest absolute Gasteiger partial charge is 0.457 e. The van der Waals surface area contributed by atoms with Gasteiger partial charge in [-0.2, -0.15) is 0 Å². The van der Waals surface area contributed by atoms with Crippen molar-refractivity contribution in [1.82, 2.24) is 25.7 Å². The van der Waals surface area contributed by atoms with E-state index in [-0.39, 0.29) is 48.6 Å². The molecule has 2 unspecified atom stereocenters. The van der Waals surface area contributed by atoms with Gasteiger partial charge in [0.1, 0.15) is 17.5 Å². The summed E-state index contributed by atoms with van der Waals surface area (Å²) in [6.07, 6.45) is 1.89. The highest BCUT2D eigenvalue weighted by Gasteiger charge is 2.39. The van der Waals surface area contributed by atoms with Gasteiger partial charge in [-0.05, 0) is 55.7 Å². The van der Waals surface area contributed by atoms with Crippen LogP contribution < -0.4 is 21.1 Å². The number of nitrogens with two attached hydrogens (primary N) is 1. The van der Waals surface area contributed by atoms with Crippen molar-refractivity contribution in [3.63, 3.8) is 0 Å². The number of aromatic nitrogens is 2. The van der Waals surface area contributed by atoms with Crippen molar-refractivity contribution in [2.75, 3.05) is 13.6 Å². The Morgan fingerprint density at radius 2 is 1.77 bits per heavy atom. The minimum atomic E-state index is -0.668. The van der Waals surface area contributed by atoms with Crippen molar-refractivity contribution >= 4 is 23.6 Å². The minimum absolute atomic E-state index is 0.0150. The molecule has 3 aromatic rings. The summed E-state index contributed by atoms with van der Waals surface area (Å²) >= 11 is 0. The average molecular weight is 534 g/mol. The molecule has 0 bridgehead atoms. The molecule has 4 rings (SSSR count). The Labute approximate surface area is 225 Å². The van der Waals surface area contributed by atoms with Gasteiger partial charge in [-0.15, -0.1) is 10.2 Å². The summed E-state index contributed by atoms with van der Waals surface area (Å²) in [5.74, 6) is 0.541. The maximum Gasteiger partial charge on any atom is 0.282 e. The zero-order valence-corrected chi connectivity index (χ0v) is 21.8. The Balaban J connectivity index is 1.32. The topological polar surface area (TPSA) is 165 Å². The molecule has 3 amide bonds. The molecule has 204 valence electrons. The number of rotatable bonds is 10. The van der Waals surface area contributed by atoms with Crippen molar-refractivity contribution in [3.05, 3.63) is 71.9 Å². The molecule has 0 spiro atoms. The van der Waals surface area contributed by atoms with Crippen molar-refractivity contribution in [3.8, 4) is 11.5 Å². The highest BCUT2D eigenvalue weighted by Crippen LogP contribution is 2.27. The molecule has 1 aromatic heterocycles. The van der Waals surface area contributed by atoms with Crippen LogP contribution in [0, 0.1) is 0 Å². The maximum absolute atomic E-state index is 13.2. The second-order valence-electron chi connectivity index (χ2n) is 8.91. The summed E-state index contributed by atoms with van der Waals surface area (Å²) in [6, 6.07) is 15.2. The van der Waals surface area contributed by atoms with E-state index in [0.717, 1.165) is 0 Å². The van der Waals surface area contributed by atoms with E-state index in [2.05, 4.69) is 25.8 Å². The summed E-state index contributed by atoms with van der Waals surface area (Å²) in [5.41, 5.74) is 6.04. The first-order valence-electron chi connectivity index (χ1n) is 12.6. The zero-order chi connectivity index (χ0) is 27.8. The van der Waals surface area contributed by atoms with Crippen LogP contribution in [-0.4, -0.2) is 64.3 Å². The lowest BCUT2D eigenvalue weighted by molar-refractivity contribution is -0.139. The molecule has 2 atom stereocenters. The second-order valence-corrected chi connectivity index (χ2v) is 8.91. The Hall–Kier alpha value is -4.74. The minimum Gasteiger partial charge on any atom is -0.457 e. The number of para-hydroxylation sites is 1. The molecule has 12 heteroatoms. The first-order chi connectivity index (χ1) is 18.9. The molecule has 0 radical (unpaired) electrons. The molecular formula is C27H31N7O5. The van der Waals surface area contributed by atoms with Crippen LogP contribution in [0.4, 0.5) is 0 Å². The van der Waals surface area contributed by atoms with Gasteiger partial charge >= 0.3 is 0 Å². The highest BCUT2D eigenvalue weighted by atomic mass is 16.5. The van der Waals surface area contributed by atoms with Crippen LogP contribution in [0.25, 0.3) is 0 Å². The van der Waals surface area contributed by atoms with Crippen LogP contribution in [0.5, 0.6) is 11.5 Å². The molecule has 2 heterocycles. The zero-order valence-electron chi connectivity index (χ0n) is 21.8. The Morgan fingerprint density at radius 3 is 2.46 bits per heavy atom. The summed E-state index contributed by atoms with van der Waals surface area (Å²) in [7, 11) is 1.50. The lowest BCUT2D eigenvalue weighted by Gasteiger charge is -2.29. The van der Waals surface area contributed by atoms with Crippen LogP contribution in [0.2, 0.25) is 0 Å². The van der Waals surface area contributed by atoms with Gasteiger partial charge in [0.25, 0.3) is 11.8 Å². The number of aliphatic imine (C=N–C) groups is 1. The summed E-state index contributed by atoms with van der Waals surface area (Å²) in [6.45, 7) is 1.71. The van der Waals surface area contributed by atoms with Crippen LogP contribution in [0.15, 0.2) is 64.0 Å². The van der Waals surface area contributed by atoms with E-state index in [4.69, 9.17) is 14.9 Å². The molecule has 1 fully saturated rings. The first-order valence-corrected chi connectivity index (χ1v) is 12.6. The normalized spacial score (nSPS) is 17.1. The van der Waals surface area contributed by atoms with E-state index in [1.54, 1.807) is 29.2 Å². The van der Waals surface area contributed by atoms with Gasteiger partial charge in [0.05, 0.1) is 13.1 Å². The van der Waals surface area contributed by atoms with Gasteiger partial charge in [-0.3, -0.25) is 19.4 Å². The number of nitrogens with zero attached hydrogens (tertiary/aromatic N) is 4. The smallest absolute Gasteiger partial charge is 0.282 e. The predicted molar refractivity (Wildman–Crippen MR) is 142 cm³/mol. The third-order valence-electron chi connectivity index (χ3n) is 6.40. The quantitative estimate of drug-likeness (QED) is 0.263. The van der Waals surface area contributed by atoms with E-state index in [1.165, 1.54) is 7.05 Å². The number of amidine groups is 1. The number of hydrogen-bond acceptors (Lipinski definition) is 8. The third kappa shape index (κ3) is 6.78. The molecule has 1 saturated heterocycles. The summed E-state index contributed by atoms with van der Waals surface area (Å²) < 4.78 is 11.1. The average Bonchev–Trinajstić information content (AvgIpc) is 3.62. The molecule has 2 aromatic carbocycles. The number of ether oxygens (including phenoxy) is 1. The molecule has 39 heavy (non-hydrogen) atoms. The van der Waals surface area contributed by atoms with Gasteiger partial charge in [0.15, 0.2) is 5.84 Å². The number of carbonyl (C=O) groups excluding carboxylic acids is 3. The Morgan fingerprint density at radius 1 is 1.05 bits per heavy atom. The number of amides is 3. The van der Waals surface area contributed by atoms with Crippen molar-refractivity contribution in [2.45, 2.75) is 44.8 Å². The lowest BCUT2D eigenvalue weighted by atomic mass is 10.1. The van der Waals surface area contributed by atoms with Crippen molar-refractivity contribution in [1.29, 1.82) is 0 Å². The number of hydrogen-bond donors (Lipinski definition) is 3. The fourth-order valence-electron chi connectivity index (χ4n) is 4.37. The number of benzene rings is 2. The molecule has 0 aliphatic carbocycles. The third-order valence-corrected chi connectivity index (χ3v) is 6.40. The van der Waals surface area contributed by atoms with E-state index >= 15 is 0 Å². The fourth-order valence-corrected chi connectivity index (χ4v) is 4.37. The monoisotopic (exact) mass is 533 g/mol. The SMILES string of the molecule is CCC1CCC(C(=O)NCc2nnc(C(N)=NC)o2)N1C(=O)CNC(=O)c1ccc(Oc2ccccc2)cc1. The first kappa shape index (κ1) is 27.3. The van der Waals surface area contributed by atoms with Crippen LogP contribution in [0.3, 0.4) is 0 Å². The lowest BCUT2D eigenvalue weighted by Crippen LogP contribution is -2.51. The Bertz CT molecular complexity index is 1320. The summed E-state index contributed by atoms with van der Waals surface area (Å²) in [4.78, 5) is 44.2. The van der Waals surface area contributed by atoms with Gasteiger partial charge in [0, 0.05) is 18.7 Å². The van der Waals surface area contributed by atoms with E-state index < -0.39 is 11.9 Å². The van der Waals surface area contributed by atoms with Crippen molar-refractivity contribution < 1.29 is 23.5 Å². The van der Waals surface area contributed by atoms with Gasteiger partial charge in [-0.1, -0.05) is 25.1 Å². The van der Waals surface area contributed by atoms with Gasteiger partial charge in [0.2, 0.25) is 17.7 Å². The van der Waals surface area contributed by atoms with Crippen LogP contribution in [-0.2, 0) is 16.1 Å². The molecular weight excluding hydrogens is 502 g/mol. The number of likely N-dealkylation sites (tertiary alicyclic amines) is 1. The predicted octanol–water partition coefficient (Wildman–Crippen LogP) is 2.01. The number of nitrogens with one attached hydrogen (secondary N) is 2. The van der Waals surface area contributed by atoms with E-state index in [1.807, 2.05) is 37.3 Å². The molecule has 12 nitrogen and oxygen atoms in total. The van der Waals surface area contributed by atoms with Crippen LogP contribution >= 0.6 is 0 Å². The van der Waals surface area contributed by atoms with Gasteiger partial charge in [-0.25, -0.2) is 0 Å². The molecule has 0 saturated carbocycles. The standard InChI is InChI=1S/C27H31N7O5/c1-3-18-11-14-21(26(37)30-15-22-32-33-27(39-22)24(28)29-2)34(18)23(35)16-31-25(36)17-9-12-20(13-10-17)38-19-7-5-4-6-8-19/h4-10,12-13,18,21H,3,11,14-16H2,1-2H3,(H2,28,29)(H,30,37)(H,31,36). The Kier molecular flexibility index (Phi) is 8.87. The maximum atomic E-state index is 13.2. The van der Waals surface area contributed by atoms with Crippen LogP contribution in [0.1, 0.15) is 48.3 Å². The summed E-state index contributed by atoms with van der Waals surface area (Å²) in [5, 5.41) is 13.0. The molecule has 4 N–H and O–H groups in total. The fraction of sp³-hybridized carbons (Fsp3) is 0.333. The molecule has 1 aliphatic heterocycles. The van der Waals surface area contributed by atoms with Gasteiger partial charge < -0.3 is 30.4 Å². The van der Waals surface area contributed by atoms with E-state index in [9.17, 15) is 14.4 Å². The second kappa shape index (κ2) is 12.7. The highest BCUT2D eigenvalue weighted by molar-refractivity contribution is 5.97. The number of carbonyl (C=O) groups is 3. The van der Waals surface area contributed by atoms with Crippen molar-refractivity contribution in [2.24, 2.45) is 10.7 Å². The van der Waals surface area contributed by atoms with E-state index in [0.29, 0.717) is 36.3 Å².